The first kappa shape index (κ1) is 24.8. The fourth-order valence-electron chi connectivity index (χ4n) is 3.91. The lowest BCUT2D eigenvalue weighted by atomic mass is 9.87. The minimum absolute atomic E-state index is 0.0995. The molecule has 3 rings (SSSR count). The highest BCUT2D eigenvalue weighted by molar-refractivity contribution is 5.91. The third kappa shape index (κ3) is 7.90. The monoisotopic (exact) mass is 454 g/mol. The quantitative estimate of drug-likeness (QED) is 0.236. The second kappa shape index (κ2) is 13.0. The number of unbranched alkanes of at least 4 members (excludes halogenated alkanes) is 3. The Balaban J connectivity index is 1.40. The number of esters is 2. The zero-order valence-corrected chi connectivity index (χ0v) is 19.6. The van der Waals surface area contributed by atoms with Gasteiger partial charge in [-0.05, 0) is 80.6 Å². The Morgan fingerprint density at radius 2 is 1.39 bits per heavy atom. The van der Waals surface area contributed by atoms with E-state index in [1.165, 1.54) is 19.3 Å². The molecule has 1 fully saturated rings. The molecule has 0 unspecified atom stereocenters. The van der Waals surface area contributed by atoms with Gasteiger partial charge in [-0.3, -0.25) is 4.79 Å². The highest BCUT2D eigenvalue weighted by Crippen LogP contribution is 2.28. The minimum Gasteiger partial charge on any atom is -0.497 e. The van der Waals surface area contributed by atoms with Crippen molar-refractivity contribution in [3.63, 3.8) is 0 Å². The van der Waals surface area contributed by atoms with Gasteiger partial charge in [0.15, 0.2) is 0 Å². The van der Waals surface area contributed by atoms with Gasteiger partial charge in [-0.1, -0.05) is 26.2 Å². The second-order valence-corrected chi connectivity index (χ2v) is 8.42. The minimum atomic E-state index is -0.466. The molecule has 1 aliphatic rings. The van der Waals surface area contributed by atoms with Crippen molar-refractivity contribution >= 4 is 11.9 Å². The van der Waals surface area contributed by atoms with Crippen molar-refractivity contribution in [2.45, 2.75) is 64.4 Å². The summed E-state index contributed by atoms with van der Waals surface area (Å²) in [4.78, 5) is 24.8. The molecule has 178 valence electrons. The lowest BCUT2D eigenvalue weighted by Gasteiger charge is -2.27. The van der Waals surface area contributed by atoms with Crippen LogP contribution in [-0.2, 0) is 9.53 Å². The van der Waals surface area contributed by atoms with Crippen LogP contribution in [0.25, 0.3) is 0 Å². The van der Waals surface area contributed by atoms with Crippen LogP contribution in [0.5, 0.6) is 17.2 Å². The van der Waals surface area contributed by atoms with Crippen molar-refractivity contribution in [2.75, 3.05) is 13.7 Å². The SMILES string of the molecule is CCCCCCOC1CCC(C(=O)Oc2ccc(OC(=O)c3ccc(OC)cc3)cc2)CC1. The fourth-order valence-corrected chi connectivity index (χ4v) is 3.91. The van der Waals surface area contributed by atoms with Gasteiger partial charge in [0.25, 0.3) is 0 Å². The topological polar surface area (TPSA) is 71.1 Å². The third-order valence-electron chi connectivity index (χ3n) is 5.94. The second-order valence-electron chi connectivity index (χ2n) is 8.42. The summed E-state index contributed by atoms with van der Waals surface area (Å²) in [5, 5.41) is 0. The Morgan fingerprint density at radius 1 is 0.788 bits per heavy atom. The van der Waals surface area contributed by atoms with Gasteiger partial charge in [0, 0.05) is 6.61 Å². The molecule has 0 heterocycles. The standard InChI is InChI=1S/C27H34O6/c1-3-4-5-6-19-31-23-13-9-21(10-14-23)27(29)33-25-17-15-24(16-18-25)32-26(28)20-7-11-22(30-2)12-8-20/h7-8,11-12,15-18,21,23H,3-6,9-10,13-14,19H2,1-2H3. The maximum absolute atomic E-state index is 12.5. The first-order valence-electron chi connectivity index (χ1n) is 11.9. The first-order chi connectivity index (χ1) is 16.1. The van der Waals surface area contributed by atoms with Gasteiger partial charge in [-0.2, -0.15) is 0 Å². The fraction of sp³-hybridized carbons (Fsp3) is 0.481. The van der Waals surface area contributed by atoms with Gasteiger partial charge < -0.3 is 18.9 Å². The van der Waals surface area contributed by atoms with Crippen LogP contribution in [0, 0.1) is 5.92 Å². The van der Waals surface area contributed by atoms with E-state index < -0.39 is 5.97 Å². The molecule has 0 saturated heterocycles. The van der Waals surface area contributed by atoms with Crippen molar-refractivity contribution in [2.24, 2.45) is 5.92 Å². The van der Waals surface area contributed by atoms with Gasteiger partial charge in [0.05, 0.1) is 24.7 Å². The van der Waals surface area contributed by atoms with E-state index in [2.05, 4.69) is 6.92 Å². The van der Waals surface area contributed by atoms with Crippen molar-refractivity contribution in [3.05, 3.63) is 54.1 Å². The molecule has 33 heavy (non-hydrogen) atoms. The predicted molar refractivity (Wildman–Crippen MR) is 126 cm³/mol. The third-order valence-corrected chi connectivity index (χ3v) is 5.94. The number of carbonyl (C=O) groups excluding carboxylic acids is 2. The number of carbonyl (C=O) groups is 2. The number of benzene rings is 2. The average molecular weight is 455 g/mol. The summed E-state index contributed by atoms with van der Waals surface area (Å²) in [5.74, 6) is 0.718. The zero-order valence-electron chi connectivity index (χ0n) is 19.6. The number of hydrogen-bond donors (Lipinski definition) is 0. The number of methoxy groups -OCH3 is 1. The molecule has 1 saturated carbocycles. The smallest absolute Gasteiger partial charge is 0.343 e. The van der Waals surface area contributed by atoms with Crippen LogP contribution < -0.4 is 14.2 Å². The molecule has 1 aliphatic carbocycles. The van der Waals surface area contributed by atoms with Crippen LogP contribution in [-0.4, -0.2) is 31.8 Å². The summed E-state index contributed by atoms with van der Waals surface area (Å²) in [7, 11) is 1.57. The summed E-state index contributed by atoms with van der Waals surface area (Å²) in [6.07, 6.45) is 8.45. The molecular formula is C27H34O6. The van der Waals surface area contributed by atoms with E-state index in [4.69, 9.17) is 18.9 Å². The number of ether oxygens (including phenoxy) is 4. The Morgan fingerprint density at radius 3 is 2.00 bits per heavy atom. The maximum atomic E-state index is 12.5. The van der Waals surface area contributed by atoms with Gasteiger partial charge in [0.2, 0.25) is 0 Å². The highest BCUT2D eigenvalue weighted by atomic mass is 16.5. The van der Waals surface area contributed by atoms with Crippen LogP contribution in [0.1, 0.15) is 68.6 Å². The van der Waals surface area contributed by atoms with Gasteiger partial charge in [-0.15, -0.1) is 0 Å². The predicted octanol–water partition coefficient (Wildman–Crippen LogP) is 5.98. The Bertz CT molecular complexity index is 866. The van der Waals surface area contributed by atoms with Gasteiger partial charge in [-0.25, -0.2) is 4.79 Å². The highest BCUT2D eigenvalue weighted by Gasteiger charge is 2.28. The van der Waals surface area contributed by atoms with E-state index in [0.29, 0.717) is 22.8 Å². The summed E-state index contributed by atoms with van der Waals surface area (Å²) >= 11 is 0. The molecule has 0 N–H and O–H groups in total. The lowest BCUT2D eigenvalue weighted by molar-refractivity contribution is -0.141. The average Bonchev–Trinajstić information content (AvgIpc) is 2.85. The van der Waals surface area contributed by atoms with Crippen LogP contribution in [0.15, 0.2) is 48.5 Å². The summed E-state index contributed by atoms with van der Waals surface area (Å²) in [6, 6.07) is 13.2. The molecular weight excluding hydrogens is 420 g/mol. The zero-order chi connectivity index (χ0) is 23.5. The molecule has 0 spiro atoms. The van der Waals surface area contributed by atoms with Crippen LogP contribution in [0.3, 0.4) is 0 Å². The van der Waals surface area contributed by atoms with E-state index in [1.807, 2.05) is 0 Å². The molecule has 2 aromatic carbocycles. The van der Waals surface area contributed by atoms with Crippen LogP contribution in [0.2, 0.25) is 0 Å². The van der Waals surface area contributed by atoms with Gasteiger partial charge in [0.1, 0.15) is 17.2 Å². The molecule has 0 bridgehead atoms. The van der Waals surface area contributed by atoms with Crippen molar-refractivity contribution < 1.29 is 28.5 Å². The number of hydrogen-bond acceptors (Lipinski definition) is 6. The van der Waals surface area contributed by atoms with Crippen molar-refractivity contribution in [3.8, 4) is 17.2 Å². The van der Waals surface area contributed by atoms with E-state index >= 15 is 0 Å². The van der Waals surface area contributed by atoms with E-state index in [0.717, 1.165) is 38.7 Å². The molecule has 6 heteroatoms. The van der Waals surface area contributed by atoms with Crippen molar-refractivity contribution in [1.82, 2.24) is 0 Å². The summed E-state index contributed by atoms with van der Waals surface area (Å²) in [5.41, 5.74) is 0.423. The first-order valence-corrected chi connectivity index (χ1v) is 11.9. The Kier molecular flexibility index (Phi) is 9.76. The number of rotatable bonds is 11. The Labute approximate surface area is 196 Å². The molecule has 0 radical (unpaired) electrons. The molecule has 0 aliphatic heterocycles. The molecule has 6 nitrogen and oxygen atoms in total. The molecule has 0 atom stereocenters. The molecule has 2 aromatic rings. The molecule has 0 aromatic heterocycles. The normalized spacial score (nSPS) is 17.9. The van der Waals surface area contributed by atoms with E-state index in [9.17, 15) is 9.59 Å². The van der Waals surface area contributed by atoms with Crippen molar-refractivity contribution in [1.29, 1.82) is 0 Å². The van der Waals surface area contributed by atoms with Gasteiger partial charge >= 0.3 is 11.9 Å². The summed E-state index contributed by atoms with van der Waals surface area (Å²) in [6.45, 7) is 3.02. The maximum Gasteiger partial charge on any atom is 0.343 e. The lowest BCUT2D eigenvalue weighted by Crippen LogP contribution is -2.29. The van der Waals surface area contributed by atoms with Crippen LogP contribution >= 0.6 is 0 Å². The molecule has 0 amide bonds. The Hall–Kier alpha value is -2.86. The van der Waals surface area contributed by atoms with E-state index in [-0.39, 0.29) is 18.0 Å². The largest absolute Gasteiger partial charge is 0.497 e. The van der Waals surface area contributed by atoms with Crippen LogP contribution in [0.4, 0.5) is 0 Å². The van der Waals surface area contributed by atoms with E-state index in [1.54, 1.807) is 55.6 Å². The summed E-state index contributed by atoms with van der Waals surface area (Å²) < 4.78 is 22.0.